The Bertz CT molecular complexity index is 995. The maximum absolute atomic E-state index is 13.3. The number of hydrazine groups is 1. The van der Waals surface area contributed by atoms with Gasteiger partial charge in [-0.1, -0.05) is 20.8 Å². The summed E-state index contributed by atoms with van der Waals surface area (Å²) in [4.78, 5) is 21.9. The van der Waals surface area contributed by atoms with E-state index in [9.17, 15) is 18.0 Å². The first-order valence-electron chi connectivity index (χ1n) is 10.1. The molecule has 2 aromatic rings. The summed E-state index contributed by atoms with van der Waals surface area (Å²) in [5.41, 5.74) is 1.18. The van der Waals surface area contributed by atoms with Gasteiger partial charge in [-0.2, -0.15) is 23.4 Å². The van der Waals surface area contributed by atoms with Crippen molar-refractivity contribution in [3.05, 3.63) is 47.4 Å². The number of nitrogens with zero attached hydrogens (tertiary/aromatic N) is 5. The number of hydrogen-bond donors (Lipinski definition) is 1. The largest absolute Gasteiger partial charge is 0.492 e. The van der Waals surface area contributed by atoms with Crippen molar-refractivity contribution in [3.8, 4) is 11.8 Å². The predicted molar refractivity (Wildman–Crippen MR) is 117 cm³/mol. The first-order valence-corrected chi connectivity index (χ1v) is 10.1. The SMILES string of the molecule is CN(C)CCOc1ccc(C(=O)NN(CC(C)(C)C)c2cc(C(F)(F)F)nc(C#N)n2)cc1. The van der Waals surface area contributed by atoms with E-state index in [0.717, 1.165) is 6.54 Å². The molecule has 1 N–H and O–H groups in total. The Morgan fingerprint density at radius 2 is 1.79 bits per heavy atom. The van der Waals surface area contributed by atoms with Crippen LogP contribution in [0.2, 0.25) is 0 Å². The molecule has 11 heteroatoms. The number of likely N-dealkylation sites (N-methyl/N-ethyl adjacent to an activating group) is 1. The molecule has 0 radical (unpaired) electrons. The fourth-order valence-electron chi connectivity index (χ4n) is 2.66. The van der Waals surface area contributed by atoms with E-state index in [0.29, 0.717) is 18.4 Å². The van der Waals surface area contributed by atoms with E-state index in [2.05, 4.69) is 15.4 Å². The summed E-state index contributed by atoms with van der Waals surface area (Å²) in [5, 5.41) is 10.3. The molecular weight excluding hydrogens is 437 g/mol. The second-order valence-corrected chi connectivity index (χ2v) is 8.81. The zero-order valence-electron chi connectivity index (χ0n) is 19.2. The summed E-state index contributed by atoms with van der Waals surface area (Å²) in [6.07, 6.45) is -4.77. The molecule has 0 saturated heterocycles. The highest BCUT2D eigenvalue weighted by atomic mass is 19.4. The van der Waals surface area contributed by atoms with E-state index in [1.54, 1.807) is 24.3 Å². The molecule has 0 aliphatic rings. The van der Waals surface area contributed by atoms with Gasteiger partial charge in [0, 0.05) is 24.7 Å². The number of alkyl halides is 3. The number of carbonyl (C=O) groups excluding carboxylic acids is 1. The Morgan fingerprint density at radius 1 is 1.15 bits per heavy atom. The smallest absolute Gasteiger partial charge is 0.433 e. The number of nitrogens with one attached hydrogen (secondary N) is 1. The highest BCUT2D eigenvalue weighted by Crippen LogP contribution is 2.30. The molecule has 0 unspecified atom stereocenters. The van der Waals surface area contributed by atoms with Crippen LogP contribution in [-0.4, -0.2) is 54.6 Å². The summed E-state index contributed by atoms with van der Waals surface area (Å²) >= 11 is 0. The summed E-state index contributed by atoms with van der Waals surface area (Å²) in [6, 6.07) is 8.62. The van der Waals surface area contributed by atoms with Crippen LogP contribution in [0.3, 0.4) is 0 Å². The average molecular weight is 464 g/mol. The van der Waals surface area contributed by atoms with Crippen molar-refractivity contribution >= 4 is 11.7 Å². The lowest BCUT2D eigenvalue weighted by atomic mass is 9.96. The molecule has 0 bridgehead atoms. The molecule has 1 heterocycles. The van der Waals surface area contributed by atoms with Gasteiger partial charge in [0.1, 0.15) is 18.4 Å². The molecule has 0 atom stereocenters. The van der Waals surface area contributed by atoms with Crippen LogP contribution in [0.15, 0.2) is 30.3 Å². The molecule has 178 valence electrons. The maximum Gasteiger partial charge on any atom is 0.433 e. The zero-order valence-corrected chi connectivity index (χ0v) is 19.2. The number of nitriles is 1. The van der Waals surface area contributed by atoms with E-state index < -0.39 is 29.0 Å². The van der Waals surface area contributed by atoms with Gasteiger partial charge in [-0.05, 0) is 43.8 Å². The summed E-state index contributed by atoms with van der Waals surface area (Å²) < 4.78 is 45.4. The van der Waals surface area contributed by atoms with Crippen molar-refractivity contribution < 1.29 is 22.7 Å². The quantitative estimate of drug-likeness (QED) is 0.598. The first-order chi connectivity index (χ1) is 15.3. The molecule has 2 rings (SSSR count). The Hall–Kier alpha value is -3.39. The molecule has 1 amide bonds. The highest BCUT2D eigenvalue weighted by Gasteiger charge is 2.35. The molecule has 8 nitrogen and oxygen atoms in total. The minimum atomic E-state index is -4.77. The molecule has 0 aliphatic heterocycles. The monoisotopic (exact) mass is 464 g/mol. The van der Waals surface area contributed by atoms with Crippen LogP contribution < -0.4 is 15.2 Å². The molecule has 33 heavy (non-hydrogen) atoms. The average Bonchev–Trinajstić information content (AvgIpc) is 2.71. The number of hydrogen-bond acceptors (Lipinski definition) is 7. The fraction of sp³-hybridized carbons (Fsp3) is 0.455. The van der Waals surface area contributed by atoms with Crippen LogP contribution >= 0.6 is 0 Å². The third-order valence-corrected chi connectivity index (χ3v) is 4.17. The second-order valence-electron chi connectivity index (χ2n) is 8.81. The molecule has 0 spiro atoms. The maximum atomic E-state index is 13.3. The second kappa shape index (κ2) is 10.5. The number of amides is 1. The van der Waals surface area contributed by atoms with Crippen LogP contribution in [0.5, 0.6) is 5.75 Å². The van der Waals surface area contributed by atoms with Crippen molar-refractivity contribution in [3.63, 3.8) is 0 Å². The number of ether oxygens (including phenoxy) is 1. The third kappa shape index (κ3) is 8.23. The van der Waals surface area contributed by atoms with Gasteiger partial charge in [0.15, 0.2) is 11.5 Å². The van der Waals surface area contributed by atoms with Crippen molar-refractivity contribution in [2.24, 2.45) is 5.41 Å². The summed E-state index contributed by atoms with van der Waals surface area (Å²) in [5.74, 6) is -0.845. The topological polar surface area (TPSA) is 94.4 Å². The van der Waals surface area contributed by atoms with E-state index in [1.807, 2.05) is 39.8 Å². The van der Waals surface area contributed by atoms with Crippen molar-refractivity contribution in [2.45, 2.75) is 26.9 Å². The standard InChI is InChI=1S/C22H27F3N6O2/c1-21(2,3)14-31(19-12-17(22(23,24)25)27-18(13-26)28-19)29-20(32)15-6-8-16(9-7-15)33-11-10-30(4)5/h6-9,12H,10-11,14H2,1-5H3,(H,29,32). The predicted octanol–water partition coefficient (Wildman–Crippen LogP) is 3.50. The number of rotatable bonds is 8. The lowest BCUT2D eigenvalue weighted by molar-refractivity contribution is -0.141. The van der Waals surface area contributed by atoms with Gasteiger partial charge in [-0.25, -0.2) is 4.98 Å². The normalized spacial score (nSPS) is 11.8. The summed E-state index contributed by atoms with van der Waals surface area (Å²) in [7, 11) is 3.85. The van der Waals surface area contributed by atoms with Crippen molar-refractivity contribution in [1.29, 1.82) is 5.26 Å². The van der Waals surface area contributed by atoms with Gasteiger partial charge in [0.2, 0.25) is 5.82 Å². The Morgan fingerprint density at radius 3 is 2.30 bits per heavy atom. The van der Waals surface area contributed by atoms with Gasteiger partial charge in [-0.3, -0.25) is 15.2 Å². The number of halogens is 3. The molecule has 0 saturated carbocycles. The van der Waals surface area contributed by atoms with E-state index in [-0.39, 0.29) is 17.9 Å². The van der Waals surface area contributed by atoms with Crippen molar-refractivity contribution in [1.82, 2.24) is 20.3 Å². The first kappa shape index (κ1) is 25.9. The van der Waals surface area contributed by atoms with E-state index in [4.69, 9.17) is 10.00 Å². The summed E-state index contributed by atoms with van der Waals surface area (Å²) in [6.45, 7) is 6.89. The number of aromatic nitrogens is 2. The number of carbonyl (C=O) groups is 1. The molecular formula is C22H27F3N6O2. The van der Waals surface area contributed by atoms with Gasteiger partial charge in [0.05, 0.1) is 0 Å². The van der Waals surface area contributed by atoms with Crippen LogP contribution in [-0.2, 0) is 6.18 Å². The number of benzene rings is 1. The molecule has 1 aromatic carbocycles. The molecule has 1 aromatic heterocycles. The Balaban J connectivity index is 2.27. The lowest BCUT2D eigenvalue weighted by Gasteiger charge is -2.31. The van der Waals surface area contributed by atoms with Gasteiger partial charge >= 0.3 is 6.18 Å². The van der Waals surface area contributed by atoms with Gasteiger partial charge < -0.3 is 9.64 Å². The van der Waals surface area contributed by atoms with Crippen LogP contribution in [0, 0.1) is 16.7 Å². The Labute approximate surface area is 191 Å². The fourth-order valence-corrected chi connectivity index (χ4v) is 2.66. The minimum absolute atomic E-state index is 0.129. The lowest BCUT2D eigenvalue weighted by Crippen LogP contribution is -2.47. The zero-order chi connectivity index (χ0) is 24.8. The van der Waals surface area contributed by atoms with E-state index >= 15 is 0 Å². The molecule has 0 aliphatic carbocycles. The highest BCUT2D eigenvalue weighted by molar-refractivity contribution is 5.95. The number of anilines is 1. The van der Waals surface area contributed by atoms with Gasteiger partial charge in [-0.15, -0.1) is 0 Å². The third-order valence-electron chi connectivity index (χ3n) is 4.17. The van der Waals surface area contributed by atoms with Crippen molar-refractivity contribution in [2.75, 3.05) is 38.8 Å². The minimum Gasteiger partial charge on any atom is -0.492 e. The van der Waals surface area contributed by atoms with Crippen LogP contribution in [0.1, 0.15) is 42.6 Å². The van der Waals surface area contributed by atoms with Crippen LogP contribution in [0.25, 0.3) is 0 Å². The molecule has 0 fully saturated rings. The van der Waals surface area contributed by atoms with Crippen LogP contribution in [0.4, 0.5) is 19.0 Å². The Kier molecular flexibility index (Phi) is 8.22. The van der Waals surface area contributed by atoms with E-state index in [1.165, 1.54) is 11.1 Å². The van der Waals surface area contributed by atoms with Gasteiger partial charge in [0.25, 0.3) is 5.91 Å².